The van der Waals surface area contributed by atoms with Crippen LogP contribution >= 0.6 is 45.2 Å². The predicted molar refractivity (Wildman–Crippen MR) is 66.2 cm³/mol. The van der Waals surface area contributed by atoms with Crippen molar-refractivity contribution in [3.05, 3.63) is 25.3 Å². The minimum atomic E-state index is -0.0325. The Balaban J connectivity index is 3.00. The molecule has 0 aliphatic heterocycles. The third-order valence-electron chi connectivity index (χ3n) is 1.26. The molecule has 0 saturated carbocycles. The lowest BCUT2D eigenvalue weighted by molar-refractivity contribution is -0.114. The lowest BCUT2D eigenvalue weighted by Gasteiger charge is -2.05. The van der Waals surface area contributed by atoms with Crippen LogP contribution in [0.4, 0.5) is 5.69 Å². The molecule has 1 rings (SSSR count). The standard InChI is InChI=1S/C8H7I2NO/c1-5(12)11-7-4-2-3-6(9)8(7)10/h2-4H,1H3,(H,11,12). The molecule has 0 radical (unpaired) electrons. The van der Waals surface area contributed by atoms with Gasteiger partial charge in [0.15, 0.2) is 0 Å². The Labute approximate surface area is 98.4 Å². The van der Waals surface area contributed by atoms with Crippen LogP contribution in [-0.2, 0) is 4.79 Å². The fraction of sp³-hybridized carbons (Fsp3) is 0.125. The summed E-state index contributed by atoms with van der Waals surface area (Å²) < 4.78 is 2.24. The molecule has 0 fully saturated rings. The maximum atomic E-state index is 10.8. The van der Waals surface area contributed by atoms with E-state index in [9.17, 15) is 4.79 Å². The third kappa shape index (κ3) is 2.58. The Hall–Kier alpha value is 0.150. The van der Waals surface area contributed by atoms with Crippen molar-refractivity contribution in [2.24, 2.45) is 0 Å². The first-order valence-electron chi connectivity index (χ1n) is 3.33. The SMILES string of the molecule is CC(=O)Nc1cccc(I)c1I. The van der Waals surface area contributed by atoms with Gasteiger partial charge in [0, 0.05) is 14.1 Å². The molecule has 1 aromatic rings. The second-order valence-corrected chi connectivity index (χ2v) is 4.52. The number of nitrogens with one attached hydrogen (secondary N) is 1. The molecule has 0 saturated heterocycles. The largest absolute Gasteiger partial charge is 0.325 e. The van der Waals surface area contributed by atoms with Gasteiger partial charge in [0.05, 0.1) is 5.69 Å². The summed E-state index contributed by atoms with van der Waals surface area (Å²) in [4.78, 5) is 10.8. The summed E-state index contributed by atoms with van der Waals surface area (Å²) in [5.41, 5.74) is 0.884. The number of benzene rings is 1. The highest BCUT2D eigenvalue weighted by molar-refractivity contribution is 14.1. The van der Waals surface area contributed by atoms with Gasteiger partial charge in [-0.25, -0.2) is 0 Å². The zero-order valence-electron chi connectivity index (χ0n) is 6.40. The van der Waals surface area contributed by atoms with E-state index in [0.29, 0.717) is 0 Å². The predicted octanol–water partition coefficient (Wildman–Crippen LogP) is 2.85. The topological polar surface area (TPSA) is 29.1 Å². The molecule has 0 aromatic heterocycles. The highest BCUT2D eigenvalue weighted by Crippen LogP contribution is 2.23. The van der Waals surface area contributed by atoms with Gasteiger partial charge in [-0.3, -0.25) is 4.79 Å². The number of amides is 1. The van der Waals surface area contributed by atoms with Crippen LogP contribution < -0.4 is 5.32 Å². The lowest BCUT2D eigenvalue weighted by Crippen LogP contribution is -2.07. The summed E-state index contributed by atoms with van der Waals surface area (Å²) in [6.07, 6.45) is 0. The number of rotatable bonds is 1. The van der Waals surface area contributed by atoms with E-state index in [2.05, 4.69) is 50.5 Å². The van der Waals surface area contributed by atoms with Crippen LogP contribution in [0.2, 0.25) is 0 Å². The summed E-state index contributed by atoms with van der Waals surface area (Å²) in [7, 11) is 0. The van der Waals surface area contributed by atoms with Crippen molar-refractivity contribution in [3.63, 3.8) is 0 Å². The number of carbonyl (C=O) groups excluding carboxylic acids is 1. The minimum Gasteiger partial charge on any atom is -0.325 e. The number of carbonyl (C=O) groups is 1. The quantitative estimate of drug-likeness (QED) is 0.739. The van der Waals surface area contributed by atoms with Crippen LogP contribution in [0.15, 0.2) is 18.2 Å². The van der Waals surface area contributed by atoms with E-state index >= 15 is 0 Å². The maximum absolute atomic E-state index is 10.8. The zero-order valence-corrected chi connectivity index (χ0v) is 10.7. The van der Waals surface area contributed by atoms with Gasteiger partial charge in [0.25, 0.3) is 0 Å². The summed E-state index contributed by atoms with van der Waals surface area (Å²) in [5, 5.41) is 2.76. The van der Waals surface area contributed by atoms with Crippen molar-refractivity contribution in [2.75, 3.05) is 5.32 Å². The molecule has 2 nitrogen and oxygen atoms in total. The van der Waals surface area contributed by atoms with Crippen LogP contribution in [0.1, 0.15) is 6.92 Å². The van der Waals surface area contributed by atoms with Crippen LogP contribution in [0.3, 0.4) is 0 Å². The molecule has 1 N–H and O–H groups in total. The average molecular weight is 387 g/mol. The maximum Gasteiger partial charge on any atom is 0.221 e. The van der Waals surface area contributed by atoms with Crippen molar-refractivity contribution in [1.29, 1.82) is 0 Å². The van der Waals surface area contributed by atoms with Gasteiger partial charge < -0.3 is 5.32 Å². The molecule has 0 spiro atoms. The van der Waals surface area contributed by atoms with Crippen molar-refractivity contribution in [2.45, 2.75) is 6.92 Å². The first-order valence-corrected chi connectivity index (χ1v) is 5.48. The van der Waals surface area contributed by atoms with E-state index in [1.165, 1.54) is 6.92 Å². The number of anilines is 1. The Bertz CT molecular complexity index is 312. The highest BCUT2D eigenvalue weighted by atomic mass is 127. The molecular weight excluding hydrogens is 380 g/mol. The summed E-state index contributed by atoms with van der Waals surface area (Å²) in [6.45, 7) is 1.51. The third-order valence-corrected chi connectivity index (χ3v) is 4.36. The molecule has 0 bridgehead atoms. The van der Waals surface area contributed by atoms with E-state index < -0.39 is 0 Å². The normalized spacial score (nSPS) is 9.58. The van der Waals surface area contributed by atoms with E-state index in [1.807, 2.05) is 18.2 Å². The van der Waals surface area contributed by atoms with Gasteiger partial charge in [0.2, 0.25) is 5.91 Å². The lowest BCUT2D eigenvalue weighted by atomic mass is 10.3. The van der Waals surface area contributed by atoms with Crippen LogP contribution in [0.5, 0.6) is 0 Å². The molecule has 4 heteroatoms. The fourth-order valence-electron chi connectivity index (χ4n) is 0.790. The summed E-state index contributed by atoms with van der Waals surface area (Å²) >= 11 is 4.45. The summed E-state index contributed by atoms with van der Waals surface area (Å²) in [5.74, 6) is -0.0325. The van der Waals surface area contributed by atoms with Gasteiger partial charge in [-0.1, -0.05) is 6.07 Å². The van der Waals surface area contributed by atoms with Crippen LogP contribution in [0.25, 0.3) is 0 Å². The summed E-state index contributed by atoms with van der Waals surface area (Å²) in [6, 6.07) is 5.83. The van der Waals surface area contributed by atoms with E-state index in [4.69, 9.17) is 0 Å². The molecule has 1 aromatic carbocycles. The van der Waals surface area contributed by atoms with E-state index in [1.54, 1.807) is 0 Å². The number of hydrogen-bond donors (Lipinski definition) is 1. The minimum absolute atomic E-state index is 0.0325. The number of halogens is 2. The Morgan fingerprint density at radius 3 is 2.67 bits per heavy atom. The highest BCUT2D eigenvalue weighted by Gasteiger charge is 2.03. The monoisotopic (exact) mass is 387 g/mol. The first kappa shape index (κ1) is 10.2. The Morgan fingerprint density at radius 2 is 2.08 bits per heavy atom. The second-order valence-electron chi connectivity index (χ2n) is 2.28. The Morgan fingerprint density at radius 1 is 1.42 bits per heavy atom. The van der Waals surface area contributed by atoms with Crippen molar-refractivity contribution in [3.8, 4) is 0 Å². The van der Waals surface area contributed by atoms with Crippen molar-refractivity contribution in [1.82, 2.24) is 0 Å². The molecule has 1 amide bonds. The smallest absolute Gasteiger partial charge is 0.221 e. The molecule has 0 aliphatic rings. The molecular formula is C8H7I2NO. The van der Waals surface area contributed by atoms with E-state index in [-0.39, 0.29) is 5.91 Å². The van der Waals surface area contributed by atoms with Gasteiger partial charge in [0.1, 0.15) is 0 Å². The van der Waals surface area contributed by atoms with Gasteiger partial charge in [-0.15, -0.1) is 0 Å². The molecule has 0 unspecified atom stereocenters. The van der Waals surface area contributed by atoms with Crippen LogP contribution in [-0.4, -0.2) is 5.91 Å². The fourth-order valence-corrected chi connectivity index (χ4v) is 1.78. The molecule has 0 atom stereocenters. The van der Waals surface area contributed by atoms with Crippen molar-refractivity contribution < 1.29 is 4.79 Å². The van der Waals surface area contributed by atoms with Gasteiger partial charge >= 0.3 is 0 Å². The first-order chi connectivity index (χ1) is 5.61. The van der Waals surface area contributed by atoms with Gasteiger partial charge in [-0.2, -0.15) is 0 Å². The van der Waals surface area contributed by atoms with Gasteiger partial charge in [-0.05, 0) is 57.3 Å². The Kier molecular flexibility index (Phi) is 3.76. The van der Waals surface area contributed by atoms with E-state index in [0.717, 1.165) is 12.8 Å². The molecule has 0 heterocycles. The van der Waals surface area contributed by atoms with Crippen molar-refractivity contribution >= 4 is 56.8 Å². The average Bonchev–Trinajstić information content (AvgIpc) is 1.98. The molecule has 0 aliphatic carbocycles. The molecule has 12 heavy (non-hydrogen) atoms. The van der Waals surface area contributed by atoms with Crippen LogP contribution in [0, 0.1) is 7.14 Å². The zero-order chi connectivity index (χ0) is 9.14. The number of hydrogen-bond acceptors (Lipinski definition) is 1. The molecule has 64 valence electrons. The second kappa shape index (κ2) is 4.40.